The predicted octanol–water partition coefficient (Wildman–Crippen LogP) is 0.564. The van der Waals surface area contributed by atoms with Gasteiger partial charge in [-0.3, -0.25) is 0 Å². The molecule has 0 aliphatic carbocycles. The van der Waals surface area contributed by atoms with Gasteiger partial charge < -0.3 is 15.0 Å². The SMILES string of the molecule is CCCNCCOCCN(C)C. The molecule has 0 saturated heterocycles. The minimum Gasteiger partial charge on any atom is -0.379 e. The van der Waals surface area contributed by atoms with E-state index >= 15 is 0 Å². The van der Waals surface area contributed by atoms with Crippen molar-refractivity contribution in [1.29, 1.82) is 0 Å². The molecule has 0 saturated carbocycles. The number of hydrogen-bond donors (Lipinski definition) is 1. The summed E-state index contributed by atoms with van der Waals surface area (Å²) in [6.45, 7) is 6.90. The molecule has 3 nitrogen and oxygen atoms in total. The zero-order valence-electron chi connectivity index (χ0n) is 8.60. The molecule has 0 atom stereocenters. The Labute approximate surface area is 76.1 Å². The molecule has 0 aliphatic heterocycles. The summed E-state index contributed by atoms with van der Waals surface area (Å²) >= 11 is 0. The van der Waals surface area contributed by atoms with E-state index in [2.05, 4.69) is 31.2 Å². The lowest BCUT2D eigenvalue weighted by Crippen LogP contribution is -2.23. The van der Waals surface area contributed by atoms with E-state index in [9.17, 15) is 0 Å². The first-order valence-electron chi connectivity index (χ1n) is 4.70. The van der Waals surface area contributed by atoms with Crippen LogP contribution in [0.25, 0.3) is 0 Å². The molecule has 0 aromatic heterocycles. The van der Waals surface area contributed by atoms with Gasteiger partial charge in [0.2, 0.25) is 0 Å². The molecule has 0 bridgehead atoms. The molecule has 74 valence electrons. The summed E-state index contributed by atoms with van der Waals surface area (Å²) in [6.07, 6.45) is 1.19. The molecule has 0 spiro atoms. The van der Waals surface area contributed by atoms with Crippen LogP contribution in [0.4, 0.5) is 0 Å². The van der Waals surface area contributed by atoms with Crippen molar-refractivity contribution < 1.29 is 4.74 Å². The Morgan fingerprint density at radius 2 is 1.92 bits per heavy atom. The fraction of sp³-hybridized carbons (Fsp3) is 1.00. The molecule has 0 unspecified atom stereocenters. The van der Waals surface area contributed by atoms with Crippen LogP contribution in [0.2, 0.25) is 0 Å². The first-order valence-corrected chi connectivity index (χ1v) is 4.70. The van der Waals surface area contributed by atoms with Gasteiger partial charge in [0, 0.05) is 13.1 Å². The first-order chi connectivity index (χ1) is 5.77. The highest BCUT2D eigenvalue weighted by Gasteiger charge is 1.90. The van der Waals surface area contributed by atoms with Gasteiger partial charge in [0.15, 0.2) is 0 Å². The summed E-state index contributed by atoms with van der Waals surface area (Å²) < 4.78 is 5.39. The maximum atomic E-state index is 5.39. The highest BCUT2D eigenvalue weighted by atomic mass is 16.5. The first kappa shape index (κ1) is 11.9. The van der Waals surface area contributed by atoms with Crippen LogP contribution in [0.1, 0.15) is 13.3 Å². The number of ether oxygens (including phenoxy) is 1. The summed E-state index contributed by atoms with van der Waals surface area (Å²) in [7, 11) is 4.11. The third kappa shape index (κ3) is 9.88. The lowest BCUT2D eigenvalue weighted by molar-refractivity contribution is 0.119. The van der Waals surface area contributed by atoms with E-state index in [1.165, 1.54) is 6.42 Å². The Morgan fingerprint density at radius 1 is 1.17 bits per heavy atom. The molecular weight excluding hydrogens is 152 g/mol. The van der Waals surface area contributed by atoms with Gasteiger partial charge >= 0.3 is 0 Å². The van der Waals surface area contributed by atoms with Gasteiger partial charge in [-0.15, -0.1) is 0 Å². The Bertz CT molecular complexity index is 86.6. The van der Waals surface area contributed by atoms with Crippen molar-refractivity contribution in [3.63, 3.8) is 0 Å². The molecule has 3 heteroatoms. The average Bonchev–Trinajstić information content (AvgIpc) is 2.02. The monoisotopic (exact) mass is 174 g/mol. The largest absolute Gasteiger partial charge is 0.379 e. The third-order valence-electron chi connectivity index (χ3n) is 1.53. The molecule has 0 heterocycles. The van der Waals surface area contributed by atoms with Crippen molar-refractivity contribution in [3.8, 4) is 0 Å². The van der Waals surface area contributed by atoms with E-state index in [-0.39, 0.29) is 0 Å². The van der Waals surface area contributed by atoms with Crippen LogP contribution in [0, 0.1) is 0 Å². The van der Waals surface area contributed by atoms with Crippen molar-refractivity contribution in [1.82, 2.24) is 10.2 Å². The van der Waals surface area contributed by atoms with E-state index in [4.69, 9.17) is 4.74 Å². The van der Waals surface area contributed by atoms with E-state index in [0.717, 1.165) is 32.8 Å². The zero-order chi connectivity index (χ0) is 9.23. The fourth-order valence-corrected chi connectivity index (χ4v) is 0.795. The van der Waals surface area contributed by atoms with Crippen molar-refractivity contribution in [2.75, 3.05) is 46.9 Å². The van der Waals surface area contributed by atoms with Gasteiger partial charge in [0.05, 0.1) is 13.2 Å². The molecule has 0 aliphatic rings. The highest BCUT2D eigenvalue weighted by Crippen LogP contribution is 1.77. The Balaban J connectivity index is 2.82. The zero-order valence-corrected chi connectivity index (χ0v) is 8.60. The molecule has 0 fully saturated rings. The van der Waals surface area contributed by atoms with Crippen molar-refractivity contribution in [3.05, 3.63) is 0 Å². The quantitative estimate of drug-likeness (QED) is 0.544. The van der Waals surface area contributed by atoms with Crippen molar-refractivity contribution >= 4 is 0 Å². The number of nitrogens with one attached hydrogen (secondary N) is 1. The second-order valence-corrected chi connectivity index (χ2v) is 3.17. The predicted molar refractivity (Wildman–Crippen MR) is 52.5 cm³/mol. The van der Waals surface area contributed by atoms with E-state index in [1.807, 2.05) is 0 Å². The summed E-state index contributed by atoms with van der Waals surface area (Å²) in [4.78, 5) is 2.12. The van der Waals surface area contributed by atoms with Gasteiger partial charge in [-0.05, 0) is 27.1 Å². The molecule has 12 heavy (non-hydrogen) atoms. The van der Waals surface area contributed by atoms with Crippen molar-refractivity contribution in [2.24, 2.45) is 0 Å². The molecular formula is C9H22N2O. The molecule has 0 rings (SSSR count). The Kier molecular flexibility index (Phi) is 8.88. The van der Waals surface area contributed by atoms with Crippen LogP contribution >= 0.6 is 0 Å². The second-order valence-electron chi connectivity index (χ2n) is 3.17. The number of hydrogen-bond acceptors (Lipinski definition) is 3. The van der Waals surface area contributed by atoms with Gasteiger partial charge in [-0.2, -0.15) is 0 Å². The topological polar surface area (TPSA) is 24.5 Å². The van der Waals surface area contributed by atoms with Crippen LogP contribution in [0.5, 0.6) is 0 Å². The molecule has 0 aromatic carbocycles. The molecule has 0 radical (unpaired) electrons. The lowest BCUT2D eigenvalue weighted by atomic mass is 10.5. The second kappa shape index (κ2) is 8.97. The summed E-state index contributed by atoms with van der Waals surface area (Å²) in [5, 5.41) is 3.28. The normalized spacial score (nSPS) is 11.0. The van der Waals surface area contributed by atoms with Crippen molar-refractivity contribution in [2.45, 2.75) is 13.3 Å². The number of nitrogens with zero attached hydrogens (tertiary/aromatic N) is 1. The summed E-state index contributed by atoms with van der Waals surface area (Å²) in [5.74, 6) is 0. The van der Waals surface area contributed by atoms with E-state index in [0.29, 0.717) is 0 Å². The third-order valence-corrected chi connectivity index (χ3v) is 1.53. The van der Waals surface area contributed by atoms with Crippen LogP contribution in [0.15, 0.2) is 0 Å². The fourth-order valence-electron chi connectivity index (χ4n) is 0.795. The molecule has 1 N–H and O–H groups in total. The van der Waals surface area contributed by atoms with Crippen LogP contribution in [-0.2, 0) is 4.74 Å². The van der Waals surface area contributed by atoms with Gasteiger partial charge in [0.1, 0.15) is 0 Å². The Morgan fingerprint density at radius 3 is 2.50 bits per heavy atom. The summed E-state index contributed by atoms with van der Waals surface area (Å²) in [5.41, 5.74) is 0. The summed E-state index contributed by atoms with van der Waals surface area (Å²) in [6, 6.07) is 0. The highest BCUT2D eigenvalue weighted by molar-refractivity contribution is 4.44. The van der Waals surface area contributed by atoms with Gasteiger partial charge in [-0.1, -0.05) is 6.92 Å². The minimum atomic E-state index is 0.827. The maximum Gasteiger partial charge on any atom is 0.0593 e. The van der Waals surface area contributed by atoms with Crippen LogP contribution < -0.4 is 5.32 Å². The van der Waals surface area contributed by atoms with Crippen LogP contribution in [0.3, 0.4) is 0 Å². The number of rotatable bonds is 8. The maximum absolute atomic E-state index is 5.39. The van der Waals surface area contributed by atoms with Gasteiger partial charge in [-0.25, -0.2) is 0 Å². The lowest BCUT2D eigenvalue weighted by Gasteiger charge is -2.09. The average molecular weight is 174 g/mol. The Hall–Kier alpha value is -0.120. The van der Waals surface area contributed by atoms with Crippen LogP contribution in [-0.4, -0.2) is 51.8 Å². The van der Waals surface area contributed by atoms with E-state index in [1.54, 1.807) is 0 Å². The minimum absolute atomic E-state index is 0.827. The number of likely N-dealkylation sites (N-methyl/N-ethyl adjacent to an activating group) is 1. The van der Waals surface area contributed by atoms with E-state index < -0.39 is 0 Å². The van der Waals surface area contributed by atoms with Gasteiger partial charge in [0.25, 0.3) is 0 Å². The standard InChI is InChI=1S/C9H22N2O/c1-4-5-10-6-8-12-9-7-11(2)3/h10H,4-9H2,1-3H3. The molecule has 0 aromatic rings. The smallest absolute Gasteiger partial charge is 0.0593 e. The molecule has 0 amide bonds.